The molecule has 2 saturated heterocycles. The van der Waals surface area contributed by atoms with Gasteiger partial charge >= 0.3 is 0 Å². The smallest absolute Gasteiger partial charge is 0.246 e. The lowest BCUT2D eigenvalue weighted by atomic mass is 10.2. The summed E-state index contributed by atoms with van der Waals surface area (Å²) < 4.78 is 13.0. The SMILES string of the molecule is O=C1CN(CCN2CC(=O)N(COC(=S)Cc3ccc(Br)cc3)C(=O)C2)CC(=O)N1COC(=S)Cc1ccc(Br)cc1. The lowest BCUT2D eigenvalue weighted by Gasteiger charge is -2.35. The summed E-state index contributed by atoms with van der Waals surface area (Å²) in [6.07, 6.45) is 0.779. The molecule has 10 nitrogen and oxygen atoms in total. The molecule has 222 valence electrons. The van der Waals surface area contributed by atoms with E-state index in [9.17, 15) is 19.2 Å². The second kappa shape index (κ2) is 15.2. The van der Waals surface area contributed by atoms with E-state index in [1.54, 1.807) is 9.80 Å². The summed E-state index contributed by atoms with van der Waals surface area (Å²) in [7, 11) is 0. The van der Waals surface area contributed by atoms with Gasteiger partial charge in [-0.15, -0.1) is 0 Å². The predicted molar refractivity (Wildman–Crippen MR) is 169 cm³/mol. The van der Waals surface area contributed by atoms with E-state index in [2.05, 4.69) is 31.9 Å². The largest absolute Gasteiger partial charge is 0.466 e. The highest BCUT2D eigenvalue weighted by Crippen LogP contribution is 2.14. The standard InChI is InChI=1S/C28H28Br2N4O6S2/c29-21-5-1-19(2-6-21)11-27(41)39-17-33-23(35)13-31(14-24(33)36)9-10-32-15-25(37)34(26(38)16-32)18-40-28(42)12-20-3-7-22(30)8-4-20/h1-8H,9-18H2. The number of carbonyl (C=O) groups excluding carboxylic acids is 4. The summed E-state index contributed by atoms with van der Waals surface area (Å²) in [4.78, 5) is 56.1. The molecule has 0 saturated carbocycles. The Kier molecular flexibility index (Phi) is 11.7. The van der Waals surface area contributed by atoms with Crippen LogP contribution < -0.4 is 0 Å². The molecule has 2 aromatic rings. The van der Waals surface area contributed by atoms with Gasteiger partial charge in [0.1, 0.15) is 0 Å². The maximum absolute atomic E-state index is 12.7. The van der Waals surface area contributed by atoms with Crippen LogP contribution in [0.5, 0.6) is 0 Å². The third-order valence-electron chi connectivity index (χ3n) is 6.60. The van der Waals surface area contributed by atoms with Crippen LogP contribution in [0.15, 0.2) is 57.5 Å². The molecule has 0 N–H and O–H groups in total. The van der Waals surface area contributed by atoms with Crippen LogP contribution in [0.25, 0.3) is 0 Å². The van der Waals surface area contributed by atoms with Crippen molar-refractivity contribution >= 4 is 90.0 Å². The van der Waals surface area contributed by atoms with Gasteiger partial charge in [0, 0.05) is 34.9 Å². The highest BCUT2D eigenvalue weighted by molar-refractivity contribution is 9.10. The van der Waals surface area contributed by atoms with Crippen molar-refractivity contribution in [2.45, 2.75) is 12.8 Å². The zero-order valence-corrected chi connectivity index (χ0v) is 27.3. The van der Waals surface area contributed by atoms with Crippen molar-refractivity contribution in [2.75, 3.05) is 52.7 Å². The maximum atomic E-state index is 12.7. The van der Waals surface area contributed by atoms with E-state index in [-0.39, 0.29) is 49.7 Å². The molecule has 0 spiro atoms. The number of piperazine rings is 2. The fraction of sp³-hybridized carbons (Fsp3) is 0.357. The molecule has 2 aromatic carbocycles. The molecule has 4 rings (SSSR count). The molecule has 2 heterocycles. The molecule has 0 unspecified atom stereocenters. The Labute approximate surface area is 271 Å². The minimum atomic E-state index is -0.397. The average Bonchev–Trinajstić information content (AvgIpc) is 2.93. The Balaban J connectivity index is 1.16. The van der Waals surface area contributed by atoms with Crippen molar-refractivity contribution in [2.24, 2.45) is 0 Å². The molecule has 0 atom stereocenters. The van der Waals surface area contributed by atoms with E-state index in [1.807, 2.05) is 48.5 Å². The Morgan fingerprint density at radius 1 is 0.595 bits per heavy atom. The number of rotatable bonds is 11. The van der Waals surface area contributed by atoms with Gasteiger partial charge in [-0.2, -0.15) is 0 Å². The van der Waals surface area contributed by atoms with Gasteiger partial charge in [0.2, 0.25) is 23.6 Å². The normalized spacial score (nSPS) is 16.6. The third kappa shape index (κ3) is 9.44. The van der Waals surface area contributed by atoms with Gasteiger partial charge in [-0.25, -0.2) is 9.80 Å². The third-order valence-corrected chi connectivity index (χ3v) is 8.19. The number of benzene rings is 2. The Bertz CT molecular complexity index is 1220. The van der Waals surface area contributed by atoms with Gasteiger partial charge in [-0.3, -0.25) is 29.0 Å². The summed E-state index contributed by atoms with van der Waals surface area (Å²) >= 11 is 17.3. The zero-order valence-electron chi connectivity index (χ0n) is 22.5. The van der Waals surface area contributed by atoms with Crippen LogP contribution in [0.4, 0.5) is 0 Å². The summed E-state index contributed by atoms with van der Waals surface area (Å²) in [5, 5.41) is 0.566. The van der Waals surface area contributed by atoms with Crippen LogP contribution >= 0.6 is 56.3 Å². The van der Waals surface area contributed by atoms with Crippen LogP contribution in [0.2, 0.25) is 0 Å². The van der Waals surface area contributed by atoms with Crippen LogP contribution in [0.3, 0.4) is 0 Å². The lowest BCUT2D eigenvalue weighted by molar-refractivity contribution is -0.158. The minimum absolute atomic E-state index is 0.0140. The van der Waals surface area contributed by atoms with Crippen molar-refractivity contribution in [3.8, 4) is 0 Å². The monoisotopic (exact) mass is 738 g/mol. The predicted octanol–water partition coefficient (Wildman–Crippen LogP) is 2.94. The number of hydrogen-bond donors (Lipinski definition) is 0. The first-order valence-electron chi connectivity index (χ1n) is 13.0. The minimum Gasteiger partial charge on any atom is -0.466 e. The fourth-order valence-electron chi connectivity index (χ4n) is 4.30. The highest BCUT2D eigenvalue weighted by atomic mass is 79.9. The number of thiocarbonyl (C=S) groups is 2. The van der Waals surface area contributed by atoms with Crippen molar-refractivity contribution in [3.63, 3.8) is 0 Å². The van der Waals surface area contributed by atoms with Gasteiger partial charge < -0.3 is 9.47 Å². The Morgan fingerprint density at radius 3 is 1.21 bits per heavy atom. The second-order valence-electron chi connectivity index (χ2n) is 9.75. The first kappa shape index (κ1) is 32.3. The molecule has 0 radical (unpaired) electrons. The second-order valence-corrected chi connectivity index (χ2v) is 12.5. The average molecular weight is 740 g/mol. The molecule has 2 aliphatic heterocycles. The lowest BCUT2D eigenvalue weighted by Crippen LogP contribution is -2.58. The van der Waals surface area contributed by atoms with E-state index >= 15 is 0 Å². The van der Waals surface area contributed by atoms with Crippen LogP contribution in [-0.4, -0.2) is 106 Å². The molecule has 0 aliphatic carbocycles. The van der Waals surface area contributed by atoms with Gasteiger partial charge in [0.05, 0.1) is 26.2 Å². The van der Waals surface area contributed by atoms with Crippen LogP contribution in [0, 0.1) is 0 Å². The Morgan fingerprint density at radius 2 is 0.905 bits per heavy atom. The van der Waals surface area contributed by atoms with Crippen molar-refractivity contribution < 1.29 is 28.7 Å². The van der Waals surface area contributed by atoms with Gasteiger partial charge in [0.15, 0.2) is 23.6 Å². The summed E-state index contributed by atoms with van der Waals surface area (Å²) in [6, 6.07) is 15.2. The molecule has 2 aliphatic rings. The van der Waals surface area contributed by atoms with Crippen LogP contribution in [-0.2, 0) is 41.5 Å². The molecule has 0 bridgehead atoms. The maximum Gasteiger partial charge on any atom is 0.246 e. The number of hydrogen-bond acceptors (Lipinski definition) is 10. The van der Waals surface area contributed by atoms with Crippen molar-refractivity contribution in [1.82, 2.24) is 19.6 Å². The fourth-order valence-corrected chi connectivity index (χ4v) is 5.26. The number of amides is 4. The molecular formula is C28H28Br2N4O6S2. The van der Waals surface area contributed by atoms with E-state index < -0.39 is 23.6 Å². The number of ether oxygens (including phenoxy) is 2. The van der Waals surface area contributed by atoms with E-state index in [0.29, 0.717) is 25.9 Å². The van der Waals surface area contributed by atoms with Crippen molar-refractivity contribution in [3.05, 3.63) is 68.6 Å². The van der Waals surface area contributed by atoms with Gasteiger partial charge in [-0.05, 0) is 59.8 Å². The van der Waals surface area contributed by atoms with Gasteiger partial charge in [-0.1, -0.05) is 56.1 Å². The molecule has 4 amide bonds. The van der Waals surface area contributed by atoms with Gasteiger partial charge in [0.25, 0.3) is 0 Å². The van der Waals surface area contributed by atoms with E-state index in [0.717, 1.165) is 29.9 Å². The summed E-state index contributed by atoms with van der Waals surface area (Å²) in [5.74, 6) is -1.59. The number of halogens is 2. The molecule has 2 fully saturated rings. The first-order valence-corrected chi connectivity index (χ1v) is 15.4. The Hall–Kier alpha value is -2.62. The van der Waals surface area contributed by atoms with Crippen LogP contribution in [0.1, 0.15) is 11.1 Å². The van der Waals surface area contributed by atoms with E-state index in [4.69, 9.17) is 33.9 Å². The van der Waals surface area contributed by atoms with E-state index in [1.165, 1.54) is 0 Å². The molecular weight excluding hydrogens is 712 g/mol. The van der Waals surface area contributed by atoms with Crippen molar-refractivity contribution in [1.29, 1.82) is 0 Å². The quantitative estimate of drug-likeness (QED) is 0.253. The molecule has 0 aromatic heterocycles. The highest BCUT2D eigenvalue weighted by Gasteiger charge is 2.34. The zero-order chi connectivity index (χ0) is 30.2. The number of imide groups is 2. The molecule has 14 heteroatoms. The molecule has 42 heavy (non-hydrogen) atoms. The topological polar surface area (TPSA) is 99.7 Å². The number of nitrogens with zero attached hydrogens (tertiary/aromatic N) is 4. The summed E-state index contributed by atoms with van der Waals surface area (Å²) in [5.41, 5.74) is 1.91. The first-order chi connectivity index (χ1) is 20.1. The summed E-state index contributed by atoms with van der Waals surface area (Å²) in [6.45, 7) is 0.256. The number of carbonyl (C=O) groups is 4.